The number of fused-ring (bicyclic) bond motifs is 1. The van der Waals surface area contributed by atoms with Gasteiger partial charge in [0.1, 0.15) is 35.7 Å². The van der Waals surface area contributed by atoms with Gasteiger partial charge in [0.15, 0.2) is 17.3 Å². The Morgan fingerprint density at radius 1 is 0.900 bits per heavy atom. The van der Waals surface area contributed by atoms with Crippen LogP contribution in [0.25, 0.3) is 0 Å². The number of rotatable bonds is 12. The number of ketones is 1. The Balaban J connectivity index is 1.01. The van der Waals surface area contributed by atoms with E-state index in [2.05, 4.69) is 21.3 Å². The van der Waals surface area contributed by atoms with Crippen molar-refractivity contribution in [1.82, 2.24) is 35.6 Å². The van der Waals surface area contributed by atoms with Crippen LogP contribution in [0.3, 0.4) is 0 Å². The van der Waals surface area contributed by atoms with E-state index in [1.807, 2.05) is 50.1 Å². The number of amides is 7. The predicted octanol–water partition coefficient (Wildman–Crippen LogP) is 0.152. The summed E-state index contributed by atoms with van der Waals surface area (Å²) in [6.07, 6.45) is 1.76. The van der Waals surface area contributed by atoms with Gasteiger partial charge in [-0.2, -0.15) is 0 Å². The highest BCUT2D eigenvalue weighted by Gasteiger charge is 2.63. The number of likely N-dealkylation sites (tertiary alicyclic amines) is 2. The molecule has 3 saturated heterocycles. The van der Waals surface area contributed by atoms with Gasteiger partial charge in [-0.3, -0.25) is 28.8 Å². The van der Waals surface area contributed by atoms with E-state index in [-0.39, 0.29) is 50.5 Å². The number of carbonyl (C=O) groups excluding carboxylic acids is 7. The lowest BCUT2D eigenvalue weighted by Gasteiger charge is -2.41. The molecule has 1 spiro atoms. The molecule has 7 rings (SSSR count). The number of Topliss-reactive ketones (excluding diaryl/α,β-unsaturated/α-hetero) is 1. The fourth-order valence-electron chi connectivity index (χ4n) is 8.92. The summed E-state index contributed by atoms with van der Waals surface area (Å²) < 4.78 is 10.7. The molecule has 7 amide bonds. The fraction of sp³-hybridized carbons (Fsp3) is 0.548. The average Bonchev–Trinajstić information content (AvgIpc) is 3.65. The Labute approximate surface area is 348 Å². The van der Waals surface area contributed by atoms with Gasteiger partial charge in [0.05, 0.1) is 6.61 Å². The molecule has 2 aromatic carbocycles. The first-order valence-electron chi connectivity index (χ1n) is 20.6. The van der Waals surface area contributed by atoms with E-state index in [0.717, 1.165) is 11.1 Å². The molecule has 0 radical (unpaired) electrons. The lowest BCUT2D eigenvalue weighted by atomic mass is 10.0. The van der Waals surface area contributed by atoms with E-state index in [4.69, 9.17) is 9.47 Å². The van der Waals surface area contributed by atoms with E-state index in [1.165, 1.54) is 9.80 Å². The highest BCUT2D eigenvalue weighted by Crippen LogP contribution is 2.48. The van der Waals surface area contributed by atoms with Gasteiger partial charge in [-0.1, -0.05) is 36.8 Å². The minimum Gasteiger partial charge on any atom is -0.454 e. The summed E-state index contributed by atoms with van der Waals surface area (Å²) in [5, 5.41) is 21.3. The van der Waals surface area contributed by atoms with Gasteiger partial charge >= 0.3 is 6.03 Å². The van der Waals surface area contributed by atoms with E-state index in [1.54, 1.807) is 30.0 Å². The zero-order valence-corrected chi connectivity index (χ0v) is 34.4. The first-order chi connectivity index (χ1) is 28.7. The Kier molecular flexibility index (Phi) is 12.3. The Morgan fingerprint density at radius 3 is 2.40 bits per heavy atom. The number of hydrogen-bond donors (Lipinski definition) is 5. The molecular weight excluding hydrogens is 777 g/mol. The van der Waals surface area contributed by atoms with E-state index >= 15 is 0 Å². The standard InChI is InChI=1S/C42H54N8O10/c1-24-7-5-8-27(15-24)16-29(46-41(58)44-28-10-11-33-34(17-28)60-23-59-33)36(53)45-30(22-51)39(56)48-12-6-9-31(48)40(57)49-14-13-47(4)21-32(49)37(54)43-26(3)38(55)50-20-25(2)18-42(50)19-35(42)52/h5,7-8,10-11,15,17,25-26,29-32,51H,6,9,12-14,16,18-23H2,1-4H3,(H,43,54)(H,45,53)(H2,44,46,58)/t25-,26+,29+,30+,31+,32+,42+/m1/s1. The third-order valence-corrected chi connectivity index (χ3v) is 12.1. The molecule has 18 heteroatoms. The second kappa shape index (κ2) is 17.5. The molecule has 60 heavy (non-hydrogen) atoms. The van der Waals surface area contributed by atoms with Crippen molar-refractivity contribution in [2.24, 2.45) is 5.92 Å². The van der Waals surface area contributed by atoms with Crippen molar-refractivity contribution >= 4 is 47.0 Å². The SMILES string of the molecule is Cc1cccc(C[C@H](NC(=O)Nc2ccc3c(c2)OCO3)C(=O)N[C@@H](CO)C(=O)N2CCC[C@H]2C(=O)N2CCN(C)C[C@H]2C(=O)N[C@@H](C)C(=O)N2C[C@H](C)C[C@@]23CC3=O)c1. The first kappa shape index (κ1) is 42.4. The van der Waals surface area contributed by atoms with Crippen LogP contribution in [-0.4, -0.2) is 155 Å². The fourth-order valence-corrected chi connectivity index (χ4v) is 8.92. The highest BCUT2D eigenvalue weighted by molar-refractivity contribution is 6.09. The molecule has 18 nitrogen and oxygen atoms in total. The van der Waals surface area contributed by atoms with Crippen molar-refractivity contribution in [3.05, 3.63) is 53.6 Å². The molecule has 1 saturated carbocycles. The quantitative estimate of drug-likeness (QED) is 0.194. The van der Waals surface area contributed by atoms with Gasteiger partial charge in [-0.25, -0.2) is 4.79 Å². The minimum atomic E-state index is -1.45. The van der Waals surface area contributed by atoms with Gasteiger partial charge in [0, 0.05) is 57.3 Å². The monoisotopic (exact) mass is 830 g/mol. The molecule has 4 fully saturated rings. The van der Waals surface area contributed by atoms with Crippen LogP contribution in [0.15, 0.2) is 42.5 Å². The van der Waals surface area contributed by atoms with Crippen LogP contribution in [0, 0.1) is 12.8 Å². The molecule has 5 aliphatic rings. The van der Waals surface area contributed by atoms with Crippen molar-refractivity contribution < 1.29 is 48.1 Å². The molecule has 1 aliphatic carbocycles. The molecule has 0 aromatic heterocycles. The van der Waals surface area contributed by atoms with Crippen LogP contribution in [-0.2, 0) is 35.2 Å². The number of nitrogens with zero attached hydrogens (tertiary/aromatic N) is 4. The van der Waals surface area contributed by atoms with Crippen LogP contribution in [0.5, 0.6) is 11.5 Å². The Hall–Kier alpha value is -5.75. The van der Waals surface area contributed by atoms with Crippen LogP contribution in [0.2, 0.25) is 0 Å². The zero-order chi connectivity index (χ0) is 42.9. The van der Waals surface area contributed by atoms with Gasteiger partial charge in [-0.15, -0.1) is 0 Å². The summed E-state index contributed by atoms with van der Waals surface area (Å²) in [5.74, 6) is -1.55. The number of likely N-dealkylation sites (N-methyl/N-ethyl adjacent to an activating group) is 1. The third kappa shape index (κ3) is 8.89. The van der Waals surface area contributed by atoms with Gasteiger partial charge < -0.3 is 55.4 Å². The molecule has 4 aliphatic heterocycles. The number of benzene rings is 2. The molecule has 322 valence electrons. The number of aliphatic hydroxyl groups excluding tert-OH is 1. The summed E-state index contributed by atoms with van der Waals surface area (Å²) in [6.45, 7) is 6.20. The highest BCUT2D eigenvalue weighted by atomic mass is 16.7. The van der Waals surface area contributed by atoms with E-state index in [9.17, 15) is 38.7 Å². The second-order valence-electron chi connectivity index (χ2n) is 16.8. The summed E-state index contributed by atoms with van der Waals surface area (Å²) in [6, 6.07) is 6.06. The number of aryl methyl sites for hydroxylation is 1. The predicted molar refractivity (Wildman–Crippen MR) is 216 cm³/mol. The number of nitrogens with one attached hydrogen (secondary N) is 4. The Morgan fingerprint density at radius 2 is 1.67 bits per heavy atom. The zero-order valence-electron chi connectivity index (χ0n) is 34.4. The van der Waals surface area contributed by atoms with Crippen LogP contribution in [0.4, 0.5) is 10.5 Å². The number of carbonyl (C=O) groups is 7. The minimum absolute atomic E-state index is 0.0306. The average molecular weight is 831 g/mol. The maximum atomic E-state index is 14.3. The van der Waals surface area contributed by atoms with Crippen LogP contribution < -0.4 is 30.7 Å². The van der Waals surface area contributed by atoms with Crippen molar-refractivity contribution in [3.8, 4) is 11.5 Å². The van der Waals surface area contributed by atoms with E-state index < -0.39 is 72.0 Å². The molecule has 0 unspecified atom stereocenters. The third-order valence-electron chi connectivity index (χ3n) is 12.1. The van der Waals surface area contributed by atoms with Crippen molar-refractivity contribution in [1.29, 1.82) is 0 Å². The van der Waals surface area contributed by atoms with Crippen molar-refractivity contribution in [2.45, 2.75) is 88.6 Å². The number of anilines is 1. The molecular formula is C42H54N8O10. The van der Waals surface area contributed by atoms with E-state index in [0.29, 0.717) is 56.0 Å². The maximum Gasteiger partial charge on any atom is 0.319 e. The molecule has 2 aromatic rings. The number of ether oxygens (including phenoxy) is 2. The molecule has 7 atom stereocenters. The summed E-state index contributed by atoms with van der Waals surface area (Å²) in [4.78, 5) is 102. The largest absolute Gasteiger partial charge is 0.454 e. The van der Waals surface area contributed by atoms with Crippen molar-refractivity contribution in [3.63, 3.8) is 0 Å². The summed E-state index contributed by atoms with van der Waals surface area (Å²) in [7, 11) is 1.83. The normalized spacial score (nSPS) is 24.8. The smallest absolute Gasteiger partial charge is 0.319 e. The first-order valence-corrected chi connectivity index (χ1v) is 20.6. The number of hydrogen-bond acceptors (Lipinski definition) is 11. The van der Waals surface area contributed by atoms with Crippen LogP contribution >= 0.6 is 0 Å². The molecule has 5 N–H and O–H groups in total. The second-order valence-corrected chi connectivity index (χ2v) is 16.8. The topological polar surface area (TPSA) is 219 Å². The molecule has 4 heterocycles. The number of piperazine rings is 1. The number of aliphatic hydroxyl groups is 1. The molecule has 0 bridgehead atoms. The lowest BCUT2D eigenvalue weighted by Crippen LogP contribution is -2.65. The lowest BCUT2D eigenvalue weighted by molar-refractivity contribution is -0.152. The Bertz CT molecular complexity index is 2050. The van der Waals surface area contributed by atoms with Gasteiger partial charge in [0.25, 0.3) is 0 Å². The van der Waals surface area contributed by atoms with Gasteiger partial charge in [-0.05, 0) is 63.8 Å². The maximum absolute atomic E-state index is 14.3. The van der Waals surface area contributed by atoms with Crippen molar-refractivity contribution in [2.75, 3.05) is 58.5 Å². The summed E-state index contributed by atoms with van der Waals surface area (Å²) in [5.41, 5.74) is 1.31. The van der Waals surface area contributed by atoms with Gasteiger partial charge in [0.2, 0.25) is 36.3 Å². The summed E-state index contributed by atoms with van der Waals surface area (Å²) >= 11 is 0. The van der Waals surface area contributed by atoms with Crippen LogP contribution in [0.1, 0.15) is 50.7 Å². The number of urea groups is 1.